The molecule has 0 aliphatic rings. The minimum absolute atomic E-state index is 0.0588. The van der Waals surface area contributed by atoms with Gasteiger partial charge in [0.15, 0.2) is 5.82 Å². The van der Waals surface area contributed by atoms with Crippen molar-refractivity contribution >= 4 is 29.3 Å². The summed E-state index contributed by atoms with van der Waals surface area (Å²) in [4.78, 5) is 32.7. The van der Waals surface area contributed by atoms with Gasteiger partial charge in [-0.25, -0.2) is 15.6 Å². The van der Waals surface area contributed by atoms with Crippen molar-refractivity contribution in [1.29, 1.82) is 0 Å². The van der Waals surface area contributed by atoms with Gasteiger partial charge in [0.2, 0.25) is 0 Å². The van der Waals surface area contributed by atoms with Crippen LogP contribution in [0.3, 0.4) is 0 Å². The molecule has 6 N–H and O–H groups in total. The molecule has 2 aromatic heterocycles. The number of nitrogens with one attached hydrogen (secondary N) is 2. The van der Waals surface area contributed by atoms with Crippen molar-refractivity contribution in [3.63, 3.8) is 0 Å². The zero-order valence-electron chi connectivity index (χ0n) is 18.1. The Morgan fingerprint density at radius 2 is 2.00 bits per heavy atom. The van der Waals surface area contributed by atoms with Crippen LogP contribution in [0, 0.1) is 0 Å². The lowest BCUT2D eigenvalue weighted by atomic mass is 10.2. The molecule has 0 fully saturated rings. The molecule has 0 aliphatic heterocycles. The van der Waals surface area contributed by atoms with E-state index in [1.54, 1.807) is 25.1 Å². The quantitative estimate of drug-likeness (QED) is 0.267. The Labute approximate surface area is 191 Å². The Balaban J connectivity index is 2.16. The number of nitrogens with two attached hydrogens (primary N) is 2. The normalized spacial score (nSPS) is 12.3. The Morgan fingerprint density at radius 3 is 2.56 bits per heavy atom. The van der Waals surface area contributed by atoms with Crippen molar-refractivity contribution in [1.82, 2.24) is 25.6 Å². The first kappa shape index (κ1) is 24.6. The van der Waals surface area contributed by atoms with Crippen LogP contribution in [0.2, 0.25) is 5.15 Å². The van der Waals surface area contributed by atoms with Crippen LogP contribution in [0.15, 0.2) is 54.8 Å². The third-order valence-corrected chi connectivity index (χ3v) is 4.67. The zero-order chi connectivity index (χ0) is 23.8. The van der Waals surface area contributed by atoms with Gasteiger partial charge < -0.3 is 15.8 Å². The minimum Gasteiger partial charge on any atom is -0.441 e. The fourth-order valence-corrected chi connectivity index (χ4v) is 2.80. The van der Waals surface area contributed by atoms with E-state index in [9.17, 15) is 9.59 Å². The summed E-state index contributed by atoms with van der Waals surface area (Å²) in [5.74, 6) is 5.55. The molecule has 0 aromatic carbocycles. The second kappa shape index (κ2) is 11.1. The lowest BCUT2D eigenvalue weighted by Gasteiger charge is -2.21. The summed E-state index contributed by atoms with van der Waals surface area (Å²) in [5.41, 5.74) is 8.00. The van der Waals surface area contributed by atoms with E-state index in [-0.39, 0.29) is 22.6 Å². The van der Waals surface area contributed by atoms with Crippen LogP contribution in [0.25, 0.3) is 5.70 Å². The number of carbonyl (C=O) groups is 2. The Kier molecular flexibility index (Phi) is 8.56. The van der Waals surface area contributed by atoms with E-state index in [2.05, 4.69) is 27.2 Å². The van der Waals surface area contributed by atoms with Gasteiger partial charge in [-0.1, -0.05) is 31.2 Å². The van der Waals surface area contributed by atoms with Gasteiger partial charge in [-0.3, -0.25) is 20.1 Å². The highest BCUT2D eigenvalue weighted by atomic mass is 35.5. The number of pyridine rings is 2. The van der Waals surface area contributed by atoms with Gasteiger partial charge in [0.1, 0.15) is 17.0 Å². The van der Waals surface area contributed by atoms with Gasteiger partial charge >= 0.3 is 6.09 Å². The molecule has 0 saturated heterocycles. The summed E-state index contributed by atoms with van der Waals surface area (Å²) < 4.78 is 5.35. The molecule has 2 aromatic rings. The topological polar surface area (TPSA) is 148 Å². The molecule has 1 atom stereocenters. The molecule has 1 unspecified atom stereocenters. The number of amides is 2. The Morgan fingerprint density at radius 1 is 1.28 bits per heavy atom. The number of hydrogen-bond donors (Lipinski definition) is 4. The SMILES string of the molecule is C=C(CC)NC(=O)c1ccc(/C(N)=C(\NC(=O)OC(C)c2cccnc2Cl)N(C)N)nc1. The molecule has 2 heterocycles. The fraction of sp³-hybridized carbons (Fsp3) is 0.238. The highest BCUT2D eigenvalue weighted by molar-refractivity contribution is 6.30. The number of hydrazine groups is 1. The number of aromatic nitrogens is 2. The predicted octanol–water partition coefficient (Wildman–Crippen LogP) is 2.66. The Hall–Kier alpha value is -3.63. The minimum atomic E-state index is -0.804. The molecule has 0 spiro atoms. The highest BCUT2D eigenvalue weighted by Crippen LogP contribution is 2.23. The Bertz CT molecular complexity index is 1020. The summed E-state index contributed by atoms with van der Waals surface area (Å²) in [5, 5.41) is 6.52. The second-order valence-electron chi connectivity index (χ2n) is 6.77. The first-order valence-corrected chi connectivity index (χ1v) is 10.0. The lowest BCUT2D eigenvalue weighted by Crippen LogP contribution is -2.39. The van der Waals surface area contributed by atoms with Crippen LogP contribution in [0.5, 0.6) is 0 Å². The van der Waals surface area contributed by atoms with Crippen LogP contribution in [0.1, 0.15) is 48.0 Å². The molecule has 0 bridgehead atoms. The van der Waals surface area contributed by atoms with Crippen LogP contribution in [-0.2, 0) is 4.74 Å². The van der Waals surface area contributed by atoms with E-state index < -0.39 is 12.2 Å². The molecular formula is C21H26ClN7O3. The van der Waals surface area contributed by atoms with Gasteiger partial charge in [-0.15, -0.1) is 0 Å². The third-order valence-electron chi connectivity index (χ3n) is 4.36. The average Bonchev–Trinajstić information content (AvgIpc) is 2.77. The van der Waals surface area contributed by atoms with E-state index in [0.717, 1.165) is 5.01 Å². The number of alkyl carbamates (subject to hydrolysis) is 1. The number of allylic oxidation sites excluding steroid dienone is 1. The first-order valence-electron chi connectivity index (χ1n) is 9.65. The molecular weight excluding hydrogens is 434 g/mol. The molecule has 32 heavy (non-hydrogen) atoms. The zero-order valence-corrected chi connectivity index (χ0v) is 18.8. The van der Waals surface area contributed by atoms with Crippen molar-refractivity contribution in [3.05, 3.63) is 76.7 Å². The highest BCUT2D eigenvalue weighted by Gasteiger charge is 2.19. The molecule has 0 aliphatic carbocycles. The van der Waals surface area contributed by atoms with Gasteiger partial charge in [-0.05, 0) is 31.5 Å². The molecule has 2 rings (SSSR count). The molecule has 11 heteroatoms. The first-order chi connectivity index (χ1) is 15.1. The van der Waals surface area contributed by atoms with E-state index in [4.69, 9.17) is 27.9 Å². The smallest absolute Gasteiger partial charge is 0.413 e. The summed E-state index contributed by atoms with van der Waals surface area (Å²) in [6.45, 7) is 7.27. The molecule has 170 valence electrons. The van der Waals surface area contributed by atoms with Gasteiger partial charge in [0, 0.05) is 30.7 Å². The molecule has 2 amide bonds. The van der Waals surface area contributed by atoms with Crippen LogP contribution in [-0.4, -0.2) is 34.0 Å². The number of hydrogen-bond acceptors (Lipinski definition) is 8. The number of halogens is 1. The summed E-state index contributed by atoms with van der Waals surface area (Å²) in [7, 11) is 1.49. The van der Waals surface area contributed by atoms with E-state index >= 15 is 0 Å². The lowest BCUT2D eigenvalue weighted by molar-refractivity contribution is 0.0964. The maximum absolute atomic E-state index is 12.4. The average molecular weight is 460 g/mol. The standard InChI is InChI=1S/C21H26ClN7O3/c1-5-12(2)27-20(30)14-8-9-16(26-11-14)17(23)19(29(4)24)28-21(31)32-13(3)15-7-6-10-25-18(15)22/h6-11,13H,2,5,23-24H2,1,3-4H3,(H,27,30)(H,28,31)/b19-17-. The number of ether oxygens (including phenoxy) is 1. The maximum atomic E-state index is 12.4. The predicted molar refractivity (Wildman–Crippen MR) is 121 cm³/mol. The summed E-state index contributed by atoms with van der Waals surface area (Å²) in [6.07, 6.45) is 2.04. The van der Waals surface area contributed by atoms with Gasteiger partial charge in [-0.2, -0.15) is 0 Å². The van der Waals surface area contributed by atoms with Crippen LogP contribution in [0.4, 0.5) is 4.79 Å². The number of carbonyl (C=O) groups excluding carboxylic acids is 2. The molecule has 0 saturated carbocycles. The maximum Gasteiger partial charge on any atom is 0.413 e. The van der Waals surface area contributed by atoms with Gasteiger partial charge in [0.25, 0.3) is 5.91 Å². The van der Waals surface area contributed by atoms with E-state index in [0.29, 0.717) is 28.9 Å². The van der Waals surface area contributed by atoms with Crippen molar-refractivity contribution in [2.75, 3.05) is 7.05 Å². The van der Waals surface area contributed by atoms with Crippen LogP contribution >= 0.6 is 11.6 Å². The monoisotopic (exact) mass is 459 g/mol. The summed E-state index contributed by atoms with van der Waals surface area (Å²) >= 11 is 6.04. The third kappa shape index (κ3) is 6.43. The molecule has 10 nitrogen and oxygen atoms in total. The molecule has 0 radical (unpaired) electrons. The van der Waals surface area contributed by atoms with Crippen molar-refractivity contribution in [2.24, 2.45) is 11.6 Å². The van der Waals surface area contributed by atoms with Crippen molar-refractivity contribution < 1.29 is 14.3 Å². The van der Waals surface area contributed by atoms with E-state index in [1.165, 1.54) is 25.5 Å². The second-order valence-corrected chi connectivity index (χ2v) is 7.13. The van der Waals surface area contributed by atoms with Gasteiger partial charge in [0.05, 0.1) is 11.3 Å². The fourth-order valence-electron chi connectivity index (χ4n) is 2.53. The van der Waals surface area contributed by atoms with Crippen LogP contribution < -0.4 is 22.2 Å². The van der Waals surface area contributed by atoms with E-state index in [1.807, 2.05) is 6.92 Å². The number of rotatable bonds is 8. The number of nitrogens with zero attached hydrogens (tertiary/aromatic N) is 3. The van der Waals surface area contributed by atoms with Crippen molar-refractivity contribution in [2.45, 2.75) is 26.4 Å². The summed E-state index contributed by atoms with van der Waals surface area (Å²) in [6, 6.07) is 6.47. The van der Waals surface area contributed by atoms with Crippen molar-refractivity contribution in [3.8, 4) is 0 Å². The largest absolute Gasteiger partial charge is 0.441 e.